The van der Waals surface area contributed by atoms with Gasteiger partial charge in [-0.2, -0.15) is 0 Å². The average Bonchev–Trinajstić information content (AvgIpc) is 3.10. The average molecular weight is 730 g/mol. The molecular formula is C40H59NO11. The van der Waals surface area contributed by atoms with E-state index in [9.17, 15) is 29.4 Å². The van der Waals surface area contributed by atoms with Crippen LogP contribution in [0, 0.1) is 36.0 Å². The summed E-state index contributed by atoms with van der Waals surface area (Å²) in [6, 6.07) is 7.22. The van der Waals surface area contributed by atoms with E-state index >= 15 is 0 Å². The zero-order valence-electron chi connectivity index (χ0n) is 32.6. The van der Waals surface area contributed by atoms with Crippen LogP contribution in [0.2, 0.25) is 0 Å². The Morgan fingerprint density at radius 2 is 1.67 bits per heavy atom. The number of cyclic esters (lactones) is 1. The van der Waals surface area contributed by atoms with Gasteiger partial charge in [0.25, 0.3) is 0 Å². The maximum atomic E-state index is 14.2. The van der Waals surface area contributed by atoms with Gasteiger partial charge in [-0.3, -0.25) is 24.1 Å². The normalized spacial score (nSPS) is 38.2. The third-order valence-electron chi connectivity index (χ3n) is 11.0. The lowest BCUT2D eigenvalue weighted by atomic mass is 9.74. The van der Waals surface area contributed by atoms with Crippen molar-refractivity contribution in [3.63, 3.8) is 0 Å². The number of carbonyl (C=O) groups excluding carboxylic acids is 4. The Morgan fingerprint density at radius 1 is 1.06 bits per heavy atom. The molecule has 2 fully saturated rings. The van der Waals surface area contributed by atoms with Crippen molar-refractivity contribution in [3.8, 4) is 12.3 Å². The number of nitrogens with zero attached hydrogens (tertiary/aromatic N) is 1. The molecule has 0 saturated carbocycles. The molecule has 1 aromatic carbocycles. The smallest absolute Gasteiger partial charge is 0.316 e. The van der Waals surface area contributed by atoms with Crippen molar-refractivity contribution < 1.29 is 53.1 Å². The fourth-order valence-electron chi connectivity index (χ4n) is 7.77. The number of ketones is 2. The van der Waals surface area contributed by atoms with Crippen LogP contribution in [-0.2, 0) is 49.4 Å². The summed E-state index contributed by atoms with van der Waals surface area (Å²) in [4.78, 5) is 56.1. The van der Waals surface area contributed by atoms with Crippen LogP contribution in [0.3, 0.4) is 0 Å². The number of likely N-dealkylation sites (N-methyl/N-ethyl adjacent to an activating group) is 1. The van der Waals surface area contributed by atoms with Crippen LogP contribution in [0.1, 0.15) is 92.7 Å². The van der Waals surface area contributed by atoms with Gasteiger partial charge in [0, 0.05) is 43.9 Å². The highest BCUT2D eigenvalue weighted by molar-refractivity contribution is 6.00. The number of rotatable bonds is 8. The monoisotopic (exact) mass is 729 g/mol. The molecule has 2 heterocycles. The van der Waals surface area contributed by atoms with Crippen LogP contribution < -0.4 is 0 Å². The lowest BCUT2D eigenvalue weighted by molar-refractivity contribution is -0.299. The van der Waals surface area contributed by atoms with E-state index in [2.05, 4.69) is 10.8 Å². The second-order valence-corrected chi connectivity index (χ2v) is 15.2. The van der Waals surface area contributed by atoms with Crippen molar-refractivity contribution in [2.45, 2.75) is 142 Å². The molecule has 13 atom stereocenters. The summed E-state index contributed by atoms with van der Waals surface area (Å²) in [6.45, 7) is 14.6. The maximum absolute atomic E-state index is 14.2. The fourth-order valence-corrected chi connectivity index (χ4v) is 7.77. The van der Waals surface area contributed by atoms with Crippen molar-refractivity contribution in [3.05, 3.63) is 35.4 Å². The van der Waals surface area contributed by atoms with Gasteiger partial charge in [-0.05, 0) is 71.7 Å². The number of benzene rings is 1. The van der Waals surface area contributed by atoms with E-state index < -0.39 is 83.3 Å². The molecule has 0 aromatic heterocycles. The summed E-state index contributed by atoms with van der Waals surface area (Å²) < 4.78 is 30.8. The lowest BCUT2D eigenvalue weighted by Crippen LogP contribution is -2.61. The molecule has 0 bridgehead atoms. The van der Waals surface area contributed by atoms with Crippen LogP contribution >= 0.6 is 0 Å². The quantitative estimate of drug-likeness (QED) is 0.227. The Labute approximate surface area is 308 Å². The van der Waals surface area contributed by atoms with Gasteiger partial charge in [0.15, 0.2) is 18.2 Å². The number of hydrogen-bond acceptors (Lipinski definition) is 12. The Bertz CT molecular complexity index is 1450. The Hall–Kier alpha value is -3.18. The maximum Gasteiger partial charge on any atom is 0.316 e. The van der Waals surface area contributed by atoms with Crippen molar-refractivity contribution in [1.82, 2.24) is 4.90 Å². The van der Waals surface area contributed by atoms with Crippen LogP contribution in [0.5, 0.6) is 0 Å². The number of terminal acetylenes is 1. The second kappa shape index (κ2) is 17.8. The number of methoxy groups -OCH3 is 1. The Balaban J connectivity index is 2.09. The van der Waals surface area contributed by atoms with Crippen molar-refractivity contribution in [1.29, 1.82) is 0 Å². The largest absolute Gasteiger partial charge is 0.459 e. The van der Waals surface area contributed by atoms with Crippen molar-refractivity contribution in [2.24, 2.45) is 23.7 Å². The van der Waals surface area contributed by atoms with Gasteiger partial charge in [-0.1, -0.05) is 45.7 Å². The van der Waals surface area contributed by atoms with Crippen molar-refractivity contribution >= 4 is 23.5 Å². The molecule has 2 aliphatic heterocycles. The third-order valence-corrected chi connectivity index (χ3v) is 11.0. The summed E-state index contributed by atoms with van der Waals surface area (Å²) in [5.74, 6) is -3.83. The highest BCUT2D eigenvalue weighted by atomic mass is 16.7. The molecule has 2 aliphatic rings. The van der Waals surface area contributed by atoms with Gasteiger partial charge in [0.05, 0.1) is 30.0 Å². The molecule has 12 heteroatoms. The van der Waals surface area contributed by atoms with E-state index in [0.29, 0.717) is 13.0 Å². The summed E-state index contributed by atoms with van der Waals surface area (Å²) in [6.07, 6.45) is -0.191. The molecule has 0 radical (unpaired) electrons. The Morgan fingerprint density at radius 3 is 2.21 bits per heavy atom. The molecular weight excluding hydrogens is 670 g/mol. The van der Waals surface area contributed by atoms with Crippen LogP contribution in [0.4, 0.5) is 0 Å². The minimum atomic E-state index is -1.98. The first-order valence-electron chi connectivity index (χ1n) is 18.2. The molecule has 3 rings (SSSR count). The molecule has 1 aromatic rings. The van der Waals surface area contributed by atoms with E-state index in [1.165, 1.54) is 34.8 Å². The third kappa shape index (κ3) is 9.67. The first-order valence-corrected chi connectivity index (χ1v) is 18.2. The lowest BCUT2D eigenvalue weighted by Gasteiger charge is -2.48. The zero-order chi connectivity index (χ0) is 39.3. The van der Waals surface area contributed by atoms with E-state index in [0.717, 1.165) is 11.1 Å². The SMILES string of the molecule is C#Cc1ccc(CN(C)[C@H]2C[C@@H](C)O[C@@H](O[C@@H]3[C@@H](C)C(=O)[C@@H](C)C(=O)O[C@H](CC)[C@@](C)(O)[C@H](O)[C@@H](C)C(=O)[C@H](C)C[C@@]3(C)OC)[C@@H]2OC(C)=O)cc1. The van der Waals surface area contributed by atoms with E-state index in [4.69, 9.17) is 30.1 Å². The standard InChI is InChI=1S/C40H59NO11/c1-13-28-15-17-29(18-16-28)21-41(11)30-19-23(4)49-38(34(30)50-27(8)42)52-36-25(6)33(44)26(7)37(46)51-31(14-2)40(10,47)35(45)24(5)32(43)22(3)20-39(36,9)48-12/h1,15-18,22-26,30-31,34-36,38,45,47H,14,19-21H2,2-12H3/t22-,23-,24+,25+,26-,30+,31-,34-,35-,36-,38+,39-,40-/m1/s1. The number of Topliss-reactive ketones (excluding diaryl/α,β-unsaturated/α-hetero) is 2. The van der Waals surface area contributed by atoms with Gasteiger partial charge >= 0.3 is 11.9 Å². The first-order chi connectivity index (χ1) is 24.2. The predicted octanol–water partition coefficient (Wildman–Crippen LogP) is 3.85. The van der Waals surface area contributed by atoms with Crippen molar-refractivity contribution in [2.75, 3.05) is 14.2 Å². The summed E-state index contributed by atoms with van der Waals surface area (Å²) in [5, 5.41) is 22.7. The molecule has 0 spiro atoms. The zero-order valence-corrected chi connectivity index (χ0v) is 32.6. The molecule has 2 saturated heterocycles. The number of ether oxygens (including phenoxy) is 5. The van der Waals surface area contributed by atoms with Crippen LogP contribution in [-0.4, -0.2) is 107 Å². The minimum absolute atomic E-state index is 0.0390. The van der Waals surface area contributed by atoms with E-state index in [-0.39, 0.29) is 30.8 Å². The van der Waals surface area contributed by atoms with Gasteiger partial charge in [-0.25, -0.2) is 0 Å². The summed E-state index contributed by atoms with van der Waals surface area (Å²) >= 11 is 0. The molecule has 52 heavy (non-hydrogen) atoms. The number of aliphatic hydroxyl groups excluding tert-OH is 1. The van der Waals surface area contributed by atoms with Gasteiger partial charge < -0.3 is 33.9 Å². The molecule has 0 amide bonds. The van der Waals surface area contributed by atoms with Crippen LogP contribution in [0.15, 0.2) is 24.3 Å². The molecule has 0 unspecified atom stereocenters. The highest BCUT2D eigenvalue weighted by Crippen LogP contribution is 2.39. The summed E-state index contributed by atoms with van der Waals surface area (Å²) in [7, 11) is 3.35. The van der Waals surface area contributed by atoms with E-state index in [1.807, 2.05) is 38.2 Å². The molecule has 2 N–H and O–H groups in total. The molecule has 0 aliphatic carbocycles. The number of hydrogen-bond donors (Lipinski definition) is 2. The summed E-state index contributed by atoms with van der Waals surface area (Å²) in [5.41, 5.74) is -1.58. The second-order valence-electron chi connectivity index (χ2n) is 15.2. The first kappa shape index (κ1) is 43.2. The predicted molar refractivity (Wildman–Crippen MR) is 193 cm³/mol. The number of carbonyl (C=O) groups is 4. The topological polar surface area (TPSA) is 158 Å². The van der Waals surface area contributed by atoms with Crippen LogP contribution in [0.25, 0.3) is 0 Å². The van der Waals surface area contributed by atoms with Gasteiger partial charge in [0.2, 0.25) is 0 Å². The number of esters is 2. The van der Waals surface area contributed by atoms with Gasteiger partial charge in [-0.15, -0.1) is 6.42 Å². The number of aliphatic hydroxyl groups is 2. The minimum Gasteiger partial charge on any atom is -0.459 e. The fraction of sp³-hybridized carbons (Fsp3) is 0.700. The molecule has 290 valence electrons. The molecule has 12 nitrogen and oxygen atoms in total. The Kier molecular flexibility index (Phi) is 14.8. The van der Waals surface area contributed by atoms with E-state index in [1.54, 1.807) is 27.7 Å². The highest BCUT2D eigenvalue weighted by Gasteiger charge is 2.52. The van der Waals surface area contributed by atoms with Gasteiger partial charge in [0.1, 0.15) is 23.4 Å².